The van der Waals surface area contributed by atoms with Gasteiger partial charge in [-0.05, 0) is 37.7 Å². The first-order valence-corrected chi connectivity index (χ1v) is 9.31. The van der Waals surface area contributed by atoms with Crippen LogP contribution < -0.4 is 0 Å². The van der Waals surface area contributed by atoms with Crippen molar-refractivity contribution in [2.24, 2.45) is 5.92 Å². The van der Waals surface area contributed by atoms with E-state index in [2.05, 4.69) is 91.5 Å². The van der Waals surface area contributed by atoms with Gasteiger partial charge in [0.2, 0.25) is 0 Å². The summed E-state index contributed by atoms with van der Waals surface area (Å²) in [7, 11) is 4.38. The molecule has 1 saturated heterocycles. The molecule has 25 heavy (non-hydrogen) atoms. The molecular formula is C22H30N2O. The van der Waals surface area contributed by atoms with Gasteiger partial charge in [-0.1, -0.05) is 61.6 Å². The summed E-state index contributed by atoms with van der Waals surface area (Å²) in [5, 5.41) is 0. The lowest BCUT2D eigenvalue weighted by Gasteiger charge is -2.52. The molecule has 0 saturated carbocycles. The van der Waals surface area contributed by atoms with Crippen LogP contribution in [0, 0.1) is 5.92 Å². The van der Waals surface area contributed by atoms with Gasteiger partial charge in [0.25, 0.3) is 0 Å². The van der Waals surface area contributed by atoms with Crippen LogP contribution in [0.5, 0.6) is 0 Å². The maximum atomic E-state index is 5.60. The molecule has 3 heteroatoms. The molecule has 0 spiro atoms. The van der Waals surface area contributed by atoms with E-state index in [9.17, 15) is 0 Å². The summed E-state index contributed by atoms with van der Waals surface area (Å²) in [6.45, 7) is 5.79. The van der Waals surface area contributed by atoms with E-state index in [0.717, 1.165) is 32.7 Å². The molecule has 0 bridgehead atoms. The van der Waals surface area contributed by atoms with Gasteiger partial charge in [-0.2, -0.15) is 0 Å². The minimum atomic E-state index is -0.131. The van der Waals surface area contributed by atoms with E-state index in [1.54, 1.807) is 0 Å². The molecule has 1 aromatic rings. The van der Waals surface area contributed by atoms with E-state index in [1.165, 1.54) is 11.1 Å². The van der Waals surface area contributed by atoms with Crippen LogP contribution in [0.3, 0.4) is 0 Å². The minimum Gasteiger partial charge on any atom is -0.379 e. The third-order valence-corrected chi connectivity index (χ3v) is 5.40. The first-order chi connectivity index (χ1) is 12.2. The molecule has 0 amide bonds. The van der Waals surface area contributed by atoms with E-state index < -0.39 is 0 Å². The molecule has 0 aromatic heterocycles. The van der Waals surface area contributed by atoms with Crippen molar-refractivity contribution in [2.45, 2.75) is 19.0 Å². The van der Waals surface area contributed by atoms with Gasteiger partial charge in [-0.25, -0.2) is 0 Å². The normalized spacial score (nSPS) is 27.8. The molecule has 2 aliphatic rings. The number of allylic oxidation sites excluding steroid dienone is 3. The van der Waals surface area contributed by atoms with Crippen molar-refractivity contribution in [3.63, 3.8) is 0 Å². The van der Waals surface area contributed by atoms with Gasteiger partial charge in [0.1, 0.15) is 5.66 Å². The third-order valence-electron chi connectivity index (χ3n) is 5.40. The molecule has 0 radical (unpaired) electrons. The summed E-state index contributed by atoms with van der Waals surface area (Å²) < 4.78 is 5.60. The first-order valence-electron chi connectivity index (χ1n) is 9.31. The highest BCUT2D eigenvalue weighted by atomic mass is 16.5. The van der Waals surface area contributed by atoms with Crippen molar-refractivity contribution in [3.05, 3.63) is 66.3 Å². The largest absolute Gasteiger partial charge is 0.379 e. The molecular weight excluding hydrogens is 308 g/mol. The van der Waals surface area contributed by atoms with Crippen molar-refractivity contribution in [2.75, 3.05) is 40.4 Å². The van der Waals surface area contributed by atoms with Crippen molar-refractivity contribution >= 4 is 5.57 Å². The van der Waals surface area contributed by atoms with Gasteiger partial charge >= 0.3 is 0 Å². The third kappa shape index (κ3) is 3.64. The van der Waals surface area contributed by atoms with Crippen LogP contribution in [-0.2, 0) is 4.74 Å². The van der Waals surface area contributed by atoms with Crippen LogP contribution in [0.15, 0.2) is 60.7 Å². The van der Waals surface area contributed by atoms with Gasteiger partial charge in [0.15, 0.2) is 0 Å². The predicted molar refractivity (Wildman–Crippen MR) is 105 cm³/mol. The van der Waals surface area contributed by atoms with Crippen LogP contribution >= 0.6 is 0 Å². The monoisotopic (exact) mass is 338 g/mol. The Morgan fingerprint density at radius 2 is 1.92 bits per heavy atom. The summed E-state index contributed by atoms with van der Waals surface area (Å²) >= 11 is 0. The highest BCUT2D eigenvalue weighted by Gasteiger charge is 2.43. The number of hydrogen-bond acceptors (Lipinski definition) is 3. The lowest BCUT2D eigenvalue weighted by atomic mass is 9.82. The van der Waals surface area contributed by atoms with Crippen molar-refractivity contribution < 1.29 is 4.74 Å². The number of ether oxygens (including phenoxy) is 1. The lowest BCUT2D eigenvalue weighted by Crippen LogP contribution is -2.63. The molecule has 1 heterocycles. The molecule has 3 rings (SSSR count). The first kappa shape index (κ1) is 18.1. The average Bonchev–Trinajstić information content (AvgIpc) is 2.67. The Morgan fingerprint density at radius 1 is 1.20 bits per heavy atom. The van der Waals surface area contributed by atoms with Gasteiger partial charge in [0, 0.05) is 19.0 Å². The Bertz CT molecular complexity index is 641. The highest BCUT2D eigenvalue weighted by Crippen LogP contribution is 2.36. The summed E-state index contributed by atoms with van der Waals surface area (Å²) in [6, 6.07) is 10.7. The van der Waals surface area contributed by atoms with E-state index >= 15 is 0 Å². The molecule has 1 fully saturated rings. The summed E-state index contributed by atoms with van der Waals surface area (Å²) in [5.74, 6) is 0.306. The van der Waals surface area contributed by atoms with Crippen molar-refractivity contribution in [1.29, 1.82) is 0 Å². The second kappa shape index (κ2) is 8.13. The Hall–Kier alpha value is -1.68. The Kier molecular flexibility index (Phi) is 5.89. The van der Waals surface area contributed by atoms with Gasteiger partial charge in [-0.3, -0.25) is 9.80 Å². The standard InChI is InChI=1S/C22H30N2O/c1-4-19(20-10-6-5-7-11-20)18-21-12-8-9-13-22(21,23(2)3)24-14-16-25-17-15-24/h5-13,18,21H,4,14-17H2,1-3H3. The van der Waals surface area contributed by atoms with Crippen LogP contribution in [0.4, 0.5) is 0 Å². The van der Waals surface area contributed by atoms with Crippen molar-refractivity contribution in [1.82, 2.24) is 9.80 Å². The maximum absolute atomic E-state index is 5.60. The molecule has 2 atom stereocenters. The van der Waals surface area contributed by atoms with Gasteiger partial charge in [-0.15, -0.1) is 0 Å². The number of hydrogen-bond donors (Lipinski definition) is 0. The predicted octanol–water partition coefficient (Wildman–Crippen LogP) is 3.81. The van der Waals surface area contributed by atoms with E-state index in [-0.39, 0.29) is 5.66 Å². The van der Waals surface area contributed by atoms with Crippen molar-refractivity contribution in [3.8, 4) is 0 Å². The van der Waals surface area contributed by atoms with E-state index in [1.807, 2.05) is 0 Å². The molecule has 1 aromatic carbocycles. The molecule has 1 aliphatic heterocycles. The summed E-state index contributed by atoms with van der Waals surface area (Å²) in [4.78, 5) is 4.92. The average molecular weight is 338 g/mol. The maximum Gasteiger partial charge on any atom is 0.103 e. The zero-order valence-corrected chi connectivity index (χ0v) is 15.7. The molecule has 3 nitrogen and oxygen atoms in total. The molecule has 134 valence electrons. The number of morpholine rings is 1. The van der Waals surface area contributed by atoms with E-state index in [4.69, 9.17) is 4.74 Å². The van der Waals surface area contributed by atoms with E-state index in [0.29, 0.717) is 5.92 Å². The number of nitrogens with zero attached hydrogens (tertiary/aromatic N) is 2. The number of likely N-dealkylation sites (N-methyl/N-ethyl adjacent to an activating group) is 1. The lowest BCUT2D eigenvalue weighted by molar-refractivity contribution is -0.0705. The Morgan fingerprint density at radius 3 is 2.56 bits per heavy atom. The fourth-order valence-electron chi connectivity index (χ4n) is 4.07. The van der Waals surface area contributed by atoms with Crippen LogP contribution in [0.1, 0.15) is 18.9 Å². The smallest absolute Gasteiger partial charge is 0.103 e. The fraction of sp³-hybridized carbons (Fsp3) is 0.455. The highest BCUT2D eigenvalue weighted by molar-refractivity contribution is 5.66. The quantitative estimate of drug-likeness (QED) is 0.812. The molecule has 2 unspecified atom stereocenters. The second-order valence-corrected chi connectivity index (χ2v) is 6.96. The SMILES string of the molecule is CCC(=CC1C=CC=CC1(N(C)C)N1CCOCC1)c1ccccc1. The minimum absolute atomic E-state index is 0.131. The van der Waals surface area contributed by atoms with Gasteiger partial charge < -0.3 is 4.74 Å². The molecule has 0 N–H and O–H groups in total. The summed E-state index contributed by atoms with van der Waals surface area (Å²) in [5.41, 5.74) is 2.60. The van der Waals surface area contributed by atoms with Crippen LogP contribution in [-0.4, -0.2) is 55.9 Å². The Balaban J connectivity index is 2.00. The van der Waals surface area contributed by atoms with Crippen LogP contribution in [0.2, 0.25) is 0 Å². The summed E-state index contributed by atoms with van der Waals surface area (Å²) in [6.07, 6.45) is 12.6. The number of rotatable bonds is 5. The zero-order chi connectivity index (χ0) is 17.7. The topological polar surface area (TPSA) is 15.7 Å². The van der Waals surface area contributed by atoms with Crippen LogP contribution in [0.25, 0.3) is 5.57 Å². The zero-order valence-electron chi connectivity index (χ0n) is 15.7. The van der Waals surface area contributed by atoms with Gasteiger partial charge in [0.05, 0.1) is 13.2 Å². The number of benzene rings is 1. The fourth-order valence-corrected chi connectivity index (χ4v) is 4.07. The second-order valence-electron chi connectivity index (χ2n) is 6.96. The Labute approximate surface area is 152 Å². The molecule has 1 aliphatic carbocycles.